The molecule has 0 aromatic heterocycles. The molecule has 8 nitrogen and oxygen atoms in total. The summed E-state index contributed by atoms with van der Waals surface area (Å²) < 4.78 is 49.3. The van der Waals surface area contributed by atoms with E-state index in [-0.39, 0.29) is 6.10 Å². The summed E-state index contributed by atoms with van der Waals surface area (Å²) >= 11 is 0. The highest BCUT2D eigenvalue weighted by atomic mass is 16.9. The van der Waals surface area contributed by atoms with E-state index in [2.05, 4.69) is 0 Å². The number of fused-ring (bicyclic) bond motifs is 1. The summed E-state index contributed by atoms with van der Waals surface area (Å²) in [5.41, 5.74) is 0.150. The maximum Gasteiger partial charge on any atom is 0.190 e. The van der Waals surface area contributed by atoms with Crippen LogP contribution in [0, 0.1) is 0 Å². The number of hydrogen-bond donors (Lipinski definition) is 0. The smallest absolute Gasteiger partial charge is 0.190 e. The summed E-state index contributed by atoms with van der Waals surface area (Å²) in [5, 5.41) is 0. The van der Waals surface area contributed by atoms with E-state index >= 15 is 0 Å². The van der Waals surface area contributed by atoms with Crippen molar-refractivity contribution in [2.75, 3.05) is 19.8 Å². The highest BCUT2D eigenvalue weighted by Crippen LogP contribution is 2.50. The van der Waals surface area contributed by atoms with E-state index in [9.17, 15) is 0 Å². The van der Waals surface area contributed by atoms with E-state index < -0.39 is 42.0 Å². The third kappa shape index (κ3) is 4.28. The summed E-state index contributed by atoms with van der Waals surface area (Å²) in [4.78, 5) is 0. The molecule has 0 unspecified atom stereocenters. The lowest BCUT2D eigenvalue weighted by Crippen LogP contribution is -2.57. The Morgan fingerprint density at radius 2 is 1.65 bits per heavy atom. The summed E-state index contributed by atoms with van der Waals surface area (Å²) in [6, 6.07) is 10.0. The van der Waals surface area contributed by atoms with Gasteiger partial charge in [-0.05, 0) is 33.3 Å². The summed E-state index contributed by atoms with van der Waals surface area (Å²) in [7, 11) is 0. The van der Waals surface area contributed by atoms with Gasteiger partial charge in [0.25, 0.3) is 0 Å². The molecule has 0 aliphatic carbocycles. The molecule has 0 bridgehead atoms. The van der Waals surface area contributed by atoms with E-state index in [0.717, 1.165) is 5.56 Å². The van der Waals surface area contributed by atoms with Gasteiger partial charge in [-0.3, -0.25) is 0 Å². The monoisotopic (exact) mass is 436 g/mol. The SMILES string of the molecule is CC1(C)OC[C@H]([C@H]2O[C@@H]3OC(C)(C)O[C@@H]3[C@]2(CC2OCCO2)OCc2ccccc2)O1. The van der Waals surface area contributed by atoms with Crippen molar-refractivity contribution in [2.45, 2.75) is 88.8 Å². The van der Waals surface area contributed by atoms with Crippen LogP contribution in [-0.4, -0.2) is 67.9 Å². The summed E-state index contributed by atoms with van der Waals surface area (Å²) in [6.07, 6.45) is -1.83. The first-order valence-electron chi connectivity index (χ1n) is 11.0. The number of benzene rings is 1. The molecule has 172 valence electrons. The molecule has 4 heterocycles. The van der Waals surface area contributed by atoms with Crippen LogP contribution in [0.1, 0.15) is 39.7 Å². The van der Waals surface area contributed by atoms with Gasteiger partial charge in [-0.2, -0.15) is 0 Å². The Labute approximate surface area is 183 Å². The van der Waals surface area contributed by atoms with E-state index in [1.165, 1.54) is 0 Å². The van der Waals surface area contributed by atoms with Crippen LogP contribution in [0.2, 0.25) is 0 Å². The van der Waals surface area contributed by atoms with Crippen LogP contribution < -0.4 is 0 Å². The van der Waals surface area contributed by atoms with Gasteiger partial charge in [0.1, 0.15) is 23.9 Å². The maximum atomic E-state index is 6.71. The fourth-order valence-electron chi connectivity index (χ4n) is 4.88. The predicted molar refractivity (Wildman–Crippen MR) is 108 cm³/mol. The Bertz CT molecular complexity index is 762. The van der Waals surface area contributed by atoms with Crippen molar-refractivity contribution in [2.24, 2.45) is 0 Å². The molecule has 4 saturated heterocycles. The highest BCUT2D eigenvalue weighted by Gasteiger charge is 2.68. The van der Waals surface area contributed by atoms with Crippen LogP contribution in [-0.2, 0) is 44.5 Å². The van der Waals surface area contributed by atoms with Gasteiger partial charge in [0.15, 0.2) is 24.2 Å². The average molecular weight is 437 g/mol. The zero-order valence-electron chi connectivity index (χ0n) is 18.6. The van der Waals surface area contributed by atoms with E-state index in [1.54, 1.807) is 0 Å². The van der Waals surface area contributed by atoms with Gasteiger partial charge in [0.05, 0.1) is 26.4 Å². The number of ether oxygens (including phenoxy) is 8. The fraction of sp³-hybridized carbons (Fsp3) is 0.739. The average Bonchev–Trinajstić information content (AvgIpc) is 3.47. The second-order valence-electron chi connectivity index (χ2n) is 9.45. The molecule has 4 fully saturated rings. The zero-order valence-corrected chi connectivity index (χ0v) is 18.6. The van der Waals surface area contributed by atoms with Crippen LogP contribution in [0.15, 0.2) is 30.3 Å². The molecule has 0 radical (unpaired) electrons. The molecule has 8 heteroatoms. The van der Waals surface area contributed by atoms with Crippen LogP contribution in [0.5, 0.6) is 0 Å². The Kier molecular flexibility index (Phi) is 5.64. The third-order valence-corrected chi connectivity index (χ3v) is 6.20. The van der Waals surface area contributed by atoms with Gasteiger partial charge >= 0.3 is 0 Å². The maximum absolute atomic E-state index is 6.71. The zero-order chi connectivity index (χ0) is 21.7. The first-order valence-corrected chi connectivity index (χ1v) is 11.0. The number of rotatable bonds is 6. The van der Waals surface area contributed by atoms with Crippen molar-refractivity contribution < 1.29 is 37.9 Å². The van der Waals surface area contributed by atoms with Gasteiger partial charge in [0, 0.05) is 6.42 Å². The second kappa shape index (κ2) is 8.04. The van der Waals surface area contributed by atoms with Gasteiger partial charge in [-0.15, -0.1) is 0 Å². The molecule has 5 atom stereocenters. The van der Waals surface area contributed by atoms with Crippen molar-refractivity contribution in [3.05, 3.63) is 35.9 Å². The number of hydrogen-bond acceptors (Lipinski definition) is 8. The quantitative estimate of drug-likeness (QED) is 0.674. The first-order chi connectivity index (χ1) is 14.8. The van der Waals surface area contributed by atoms with Crippen molar-refractivity contribution in [3.8, 4) is 0 Å². The fourth-order valence-corrected chi connectivity index (χ4v) is 4.88. The molecule has 4 aliphatic heterocycles. The molecular formula is C23H32O8. The molecule has 31 heavy (non-hydrogen) atoms. The topological polar surface area (TPSA) is 73.8 Å². The summed E-state index contributed by atoms with van der Waals surface area (Å²) in [6.45, 7) is 9.44. The van der Waals surface area contributed by atoms with Gasteiger partial charge in [0.2, 0.25) is 0 Å². The van der Waals surface area contributed by atoms with Crippen LogP contribution in [0.25, 0.3) is 0 Å². The normalized spacial score (nSPS) is 39.2. The van der Waals surface area contributed by atoms with Crippen molar-refractivity contribution in [1.29, 1.82) is 0 Å². The Morgan fingerprint density at radius 1 is 0.903 bits per heavy atom. The molecule has 0 N–H and O–H groups in total. The van der Waals surface area contributed by atoms with E-state index in [0.29, 0.717) is 32.8 Å². The highest BCUT2D eigenvalue weighted by molar-refractivity contribution is 5.15. The molecule has 1 aromatic carbocycles. The lowest BCUT2D eigenvalue weighted by molar-refractivity contribution is -0.266. The molecular weight excluding hydrogens is 404 g/mol. The summed E-state index contributed by atoms with van der Waals surface area (Å²) in [5.74, 6) is -1.48. The molecule has 4 aliphatic rings. The largest absolute Gasteiger partial charge is 0.364 e. The minimum atomic E-state index is -0.905. The van der Waals surface area contributed by atoms with Gasteiger partial charge in [-0.1, -0.05) is 30.3 Å². The van der Waals surface area contributed by atoms with Gasteiger partial charge in [-0.25, -0.2) is 0 Å². The lowest BCUT2D eigenvalue weighted by atomic mass is 9.85. The standard InChI is InChI=1S/C23H32O8/c1-21(2)26-14-16(29-21)18-23(12-17-24-10-11-25-17,27-13-15-8-6-5-7-9-15)19-20(28-18)31-22(3,4)30-19/h5-9,16-20H,10-14H2,1-4H3/t16-,18-,19+,20-,23-/m1/s1. The molecule has 0 amide bonds. The minimum absolute atomic E-state index is 0.340. The van der Waals surface area contributed by atoms with Crippen LogP contribution in [0.3, 0.4) is 0 Å². The van der Waals surface area contributed by atoms with E-state index in [4.69, 9.17) is 37.9 Å². The lowest BCUT2D eigenvalue weighted by Gasteiger charge is -2.41. The molecule has 1 aromatic rings. The van der Waals surface area contributed by atoms with Crippen molar-refractivity contribution >= 4 is 0 Å². The Hall–Kier alpha value is -1.10. The first kappa shape index (κ1) is 21.7. The predicted octanol–water partition coefficient (Wildman–Crippen LogP) is 2.73. The molecule has 0 saturated carbocycles. The van der Waals surface area contributed by atoms with Gasteiger partial charge < -0.3 is 37.9 Å². The Balaban J connectivity index is 1.48. The van der Waals surface area contributed by atoms with Crippen LogP contribution >= 0.6 is 0 Å². The van der Waals surface area contributed by atoms with Crippen molar-refractivity contribution in [1.82, 2.24) is 0 Å². The second-order valence-corrected chi connectivity index (χ2v) is 9.45. The van der Waals surface area contributed by atoms with Crippen molar-refractivity contribution in [3.63, 3.8) is 0 Å². The molecule has 5 rings (SSSR count). The Morgan fingerprint density at radius 3 is 2.32 bits per heavy atom. The molecule has 0 spiro atoms. The minimum Gasteiger partial charge on any atom is -0.364 e. The van der Waals surface area contributed by atoms with E-state index in [1.807, 2.05) is 58.0 Å². The van der Waals surface area contributed by atoms with Crippen LogP contribution in [0.4, 0.5) is 0 Å². The third-order valence-electron chi connectivity index (χ3n) is 6.20.